The molecular weight excluding hydrogens is 284 g/mol. The molecule has 0 aliphatic carbocycles. The van der Waals surface area contributed by atoms with Gasteiger partial charge in [0.15, 0.2) is 0 Å². The fourth-order valence-corrected chi connectivity index (χ4v) is 2.36. The Morgan fingerprint density at radius 1 is 1.40 bits per heavy atom. The number of urea groups is 1. The molecule has 7 nitrogen and oxygen atoms in total. The van der Waals surface area contributed by atoms with E-state index in [1.54, 1.807) is 18.7 Å². The maximum absolute atomic E-state index is 12.2. The Kier molecular flexibility index (Phi) is 4.99. The molecule has 2 rings (SSSR count). The number of piperazine rings is 1. The fraction of sp³-hybridized carbons (Fsp3) is 0.750. The summed E-state index contributed by atoms with van der Waals surface area (Å²) in [4.78, 5) is 38.5. The third kappa shape index (κ3) is 3.04. The molecule has 0 aromatic rings. The highest BCUT2D eigenvalue weighted by Crippen LogP contribution is 2.20. The van der Waals surface area contributed by atoms with Gasteiger partial charge in [0.25, 0.3) is 5.91 Å². The van der Waals surface area contributed by atoms with E-state index >= 15 is 0 Å². The summed E-state index contributed by atoms with van der Waals surface area (Å²) in [6, 6.07) is -0.244. The Hall–Kier alpha value is -1.34. The van der Waals surface area contributed by atoms with Gasteiger partial charge < -0.3 is 15.1 Å². The molecule has 8 heteroatoms. The highest BCUT2D eigenvalue weighted by atomic mass is 35.5. The van der Waals surface area contributed by atoms with Gasteiger partial charge in [0.2, 0.25) is 5.91 Å². The van der Waals surface area contributed by atoms with Crippen molar-refractivity contribution in [2.75, 3.05) is 26.2 Å². The zero-order chi connectivity index (χ0) is 14.2. The van der Waals surface area contributed by atoms with Crippen LogP contribution in [0.3, 0.4) is 0 Å². The first-order valence-corrected chi connectivity index (χ1v) is 6.46. The average Bonchev–Trinajstić information content (AvgIpc) is 2.52. The molecule has 20 heavy (non-hydrogen) atoms. The molecule has 0 bridgehead atoms. The number of hydrogen-bond acceptors (Lipinski definition) is 4. The zero-order valence-corrected chi connectivity index (χ0v) is 12.7. The molecule has 2 N–H and O–H groups in total. The molecule has 0 aromatic carbocycles. The molecule has 1 atom stereocenters. The van der Waals surface area contributed by atoms with E-state index in [1.165, 1.54) is 4.90 Å². The molecule has 4 amide bonds. The lowest BCUT2D eigenvalue weighted by Crippen LogP contribution is -2.55. The second-order valence-electron chi connectivity index (χ2n) is 5.60. The smallest absolute Gasteiger partial charge is 0.325 e. The second kappa shape index (κ2) is 5.97. The minimum Gasteiger partial charge on any atom is -0.338 e. The Labute approximate surface area is 124 Å². The minimum absolute atomic E-state index is 0. The van der Waals surface area contributed by atoms with Crippen LogP contribution in [0.2, 0.25) is 0 Å². The summed E-state index contributed by atoms with van der Waals surface area (Å²) < 4.78 is 0. The van der Waals surface area contributed by atoms with Gasteiger partial charge in [-0.3, -0.25) is 14.9 Å². The summed E-state index contributed by atoms with van der Waals surface area (Å²) in [5, 5.41) is 5.49. The van der Waals surface area contributed by atoms with Crippen LogP contribution in [-0.4, -0.2) is 65.4 Å². The quantitative estimate of drug-likeness (QED) is 0.678. The Balaban J connectivity index is 0.00000200. The number of nitrogens with zero attached hydrogens (tertiary/aromatic N) is 2. The number of nitrogens with one attached hydrogen (secondary N) is 2. The van der Waals surface area contributed by atoms with Crippen molar-refractivity contribution < 1.29 is 14.4 Å². The van der Waals surface area contributed by atoms with Gasteiger partial charge in [0.1, 0.15) is 12.1 Å². The highest BCUT2D eigenvalue weighted by Gasteiger charge is 2.46. The summed E-state index contributed by atoms with van der Waals surface area (Å²) in [6.07, 6.45) is 0. The van der Waals surface area contributed by atoms with E-state index in [-0.39, 0.29) is 36.8 Å². The molecular formula is C12H21ClN4O3. The highest BCUT2D eigenvalue weighted by molar-refractivity contribution is 6.07. The van der Waals surface area contributed by atoms with Crippen molar-refractivity contribution in [1.82, 2.24) is 20.4 Å². The van der Waals surface area contributed by atoms with Crippen LogP contribution < -0.4 is 10.6 Å². The largest absolute Gasteiger partial charge is 0.338 e. The SMILES string of the molecule is CC1CN(C(=O)CN2C(=O)NC(=O)C2(C)C)CCN1.Cl. The molecule has 0 saturated carbocycles. The minimum atomic E-state index is -0.966. The zero-order valence-electron chi connectivity index (χ0n) is 11.9. The summed E-state index contributed by atoms with van der Waals surface area (Å²) in [6.45, 7) is 7.24. The van der Waals surface area contributed by atoms with Gasteiger partial charge in [-0.25, -0.2) is 4.79 Å². The van der Waals surface area contributed by atoms with Crippen LogP contribution in [0.5, 0.6) is 0 Å². The summed E-state index contributed by atoms with van der Waals surface area (Å²) >= 11 is 0. The summed E-state index contributed by atoms with van der Waals surface area (Å²) in [7, 11) is 0. The van der Waals surface area contributed by atoms with Crippen molar-refractivity contribution in [1.29, 1.82) is 0 Å². The fourth-order valence-electron chi connectivity index (χ4n) is 2.36. The first kappa shape index (κ1) is 16.7. The van der Waals surface area contributed by atoms with E-state index in [9.17, 15) is 14.4 Å². The van der Waals surface area contributed by atoms with Crippen molar-refractivity contribution in [2.24, 2.45) is 0 Å². The topological polar surface area (TPSA) is 81.8 Å². The predicted octanol–water partition coefficient (Wildman–Crippen LogP) is -0.441. The van der Waals surface area contributed by atoms with Gasteiger partial charge >= 0.3 is 6.03 Å². The third-order valence-electron chi connectivity index (χ3n) is 3.71. The van der Waals surface area contributed by atoms with Crippen LogP contribution >= 0.6 is 12.4 Å². The van der Waals surface area contributed by atoms with Gasteiger partial charge in [-0.05, 0) is 20.8 Å². The molecule has 114 valence electrons. The maximum atomic E-state index is 12.2. The summed E-state index contributed by atoms with van der Waals surface area (Å²) in [5.74, 6) is -0.481. The van der Waals surface area contributed by atoms with Gasteiger partial charge in [0.05, 0.1) is 0 Å². The lowest BCUT2D eigenvalue weighted by Gasteiger charge is -2.34. The molecule has 2 fully saturated rings. The molecule has 2 aliphatic heterocycles. The standard InChI is InChI=1S/C12H20N4O3.ClH/c1-8-6-15(5-4-13-8)9(17)7-16-11(19)14-10(18)12(16,2)3;/h8,13H,4-7H2,1-3H3,(H,14,18,19);1H. The molecule has 2 aliphatic rings. The number of halogens is 1. The van der Waals surface area contributed by atoms with Crippen LogP contribution in [0, 0.1) is 0 Å². The lowest BCUT2D eigenvalue weighted by molar-refractivity contribution is -0.134. The number of carbonyl (C=O) groups excluding carboxylic acids is 3. The van der Waals surface area contributed by atoms with Crippen molar-refractivity contribution in [3.8, 4) is 0 Å². The molecule has 0 aromatic heterocycles. The molecule has 0 radical (unpaired) electrons. The summed E-state index contributed by atoms with van der Waals surface area (Å²) in [5.41, 5.74) is -0.966. The van der Waals surface area contributed by atoms with Crippen LogP contribution in [-0.2, 0) is 9.59 Å². The average molecular weight is 305 g/mol. The number of imide groups is 1. The van der Waals surface area contributed by atoms with E-state index in [1.807, 2.05) is 6.92 Å². The van der Waals surface area contributed by atoms with Crippen LogP contribution in [0.4, 0.5) is 4.79 Å². The van der Waals surface area contributed by atoms with Gasteiger partial charge in [-0.15, -0.1) is 12.4 Å². The van der Waals surface area contributed by atoms with E-state index in [2.05, 4.69) is 10.6 Å². The maximum Gasteiger partial charge on any atom is 0.325 e. The van der Waals surface area contributed by atoms with Gasteiger partial charge in [-0.2, -0.15) is 0 Å². The van der Waals surface area contributed by atoms with Crippen LogP contribution in [0.25, 0.3) is 0 Å². The van der Waals surface area contributed by atoms with Crippen LogP contribution in [0.1, 0.15) is 20.8 Å². The van der Waals surface area contributed by atoms with Crippen molar-refractivity contribution in [3.63, 3.8) is 0 Å². The monoisotopic (exact) mass is 304 g/mol. The number of amides is 4. The Morgan fingerprint density at radius 2 is 2.05 bits per heavy atom. The predicted molar refractivity (Wildman–Crippen MR) is 75.6 cm³/mol. The lowest BCUT2D eigenvalue weighted by atomic mass is 10.0. The first-order chi connectivity index (χ1) is 8.82. The second-order valence-corrected chi connectivity index (χ2v) is 5.60. The molecule has 0 spiro atoms. The van der Waals surface area contributed by atoms with E-state index in [0.717, 1.165) is 6.54 Å². The van der Waals surface area contributed by atoms with E-state index < -0.39 is 11.6 Å². The molecule has 2 saturated heterocycles. The first-order valence-electron chi connectivity index (χ1n) is 6.46. The van der Waals surface area contributed by atoms with Crippen molar-refractivity contribution in [2.45, 2.75) is 32.4 Å². The van der Waals surface area contributed by atoms with Crippen molar-refractivity contribution >= 4 is 30.3 Å². The van der Waals surface area contributed by atoms with E-state index in [4.69, 9.17) is 0 Å². The Bertz CT molecular complexity index is 427. The molecule has 2 heterocycles. The number of hydrogen-bond donors (Lipinski definition) is 2. The molecule has 1 unspecified atom stereocenters. The Morgan fingerprint density at radius 3 is 2.55 bits per heavy atom. The number of rotatable bonds is 2. The van der Waals surface area contributed by atoms with Crippen molar-refractivity contribution in [3.05, 3.63) is 0 Å². The number of carbonyl (C=O) groups is 3. The van der Waals surface area contributed by atoms with Crippen LogP contribution in [0.15, 0.2) is 0 Å². The van der Waals surface area contributed by atoms with E-state index in [0.29, 0.717) is 13.1 Å². The normalized spacial score (nSPS) is 25.2. The third-order valence-corrected chi connectivity index (χ3v) is 3.71. The van der Waals surface area contributed by atoms with Gasteiger partial charge in [-0.1, -0.05) is 0 Å². The van der Waals surface area contributed by atoms with Gasteiger partial charge in [0, 0.05) is 25.7 Å².